The van der Waals surface area contributed by atoms with Crippen molar-refractivity contribution in [3.05, 3.63) is 11.4 Å². The van der Waals surface area contributed by atoms with Crippen LogP contribution < -0.4 is 11.1 Å². The third-order valence-electron chi connectivity index (χ3n) is 3.69. The maximum Gasteiger partial charge on any atom is 0.274 e. The van der Waals surface area contributed by atoms with Gasteiger partial charge in [0.2, 0.25) is 0 Å². The zero-order valence-corrected chi connectivity index (χ0v) is 10.6. The van der Waals surface area contributed by atoms with E-state index in [2.05, 4.69) is 15.5 Å². The minimum atomic E-state index is -0.972. The van der Waals surface area contributed by atoms with Gasteiger partial charge in [0, 0.05) is 25.5 Å². The van der Waals surface area contributed by atoms with Gasteiger partial charge in [-0.1, -0.05) is 0 Å². The van der Waals surface area contributed by atoms with E-state index in [-0.39, 0.29) is 24.8 Å². The Morgan fingerprint density at radius 3 is 3.05 bits per heavy atom. The molecule has 1 saturated heterocycles. The van der Waals surface area contributed by atoms with E-state index in [0.717, 1.165) is 18.5 Å². The molecule has 2 fully saturated rings. The van der Waals surface area contributed by atoms with E-state index in [1.54, 1.807) is 0 Å². The van der Waals surface area contributed by atoms with Crippen molar-refractivity contribution in [3.8, 4) is 0 Å². The highest BCUT2D eigenvalue weighted by Crippen LogP contribution is 2.42. The number of aromatic amines is 1. The number of aromatic nitrogens is 2. The number of nitrogens with one attached hydrogen (secondary N) is 2. The van der Waals surface area contributed by atoms with Crippen LogP contribution in [0, 0.1) is 0 Å². The predicted molar refractivity (Wildman–Crippen MR) is 67.7 cm³/mol. The lowest BCUT2D eigenvalue weighted by Crippen LogP contribution is -2.43. The van der Waals surface area contributed by atoms with Crippen LogP contribution in [-0.4, -0.2) is 46.6 Å². The van der Waals surface area contributed by atoms with Crippen LogP contribution in [0.3, 0.4) is 0 Å². The fraction of sp³-hybridized carbons (Fsp3) is 0.667. The Hall–Kier alpha value is -1.60. The van der Waals surface area contributed by atoms with Gasteiger partial charge in [0.1, 0.15) is 5.60 Å². The molecule has 2 aliphatic rings. The second-order valence-corrected chi connectivity index (χ2v) is 5.38. The molecule has 1 amide bonds. The zero-order chi connectivity index (χ0) is 13.5. The summed E-state index contributed by atoms with van der Waals surface area (Å²) >= 11 is 0. The fourth-order valence-electron chi connectivity index (χ4n) is 2.28. The highest BCUT2D eigenvalue weighted by Gasteiger charge is 2.34. The molecular formula is C12H18N4O3. The second kappa shape index (κ2) is 4.50. The summed E-state index contributed by atoms with van der Waals surface area (Å²) in [6.07, 6.45) is 2.70. The predicted octanol–water partition coefficient (Wildman–Crippen LogP) is -0.250. The number of carbonyl (C=O) groups excluding carboxylic acids is 1. The number of ether oxygens (including phenoxy) is 1. The summed E-state index contributed by atoms with van der Waals surface area (Å²) in [5, 5.41) is 19.5. The minimum absolute atomic E-state index is 0.150. The van der Waals surface area contributed by atoms with Crippen molar-refractivity contribution >= 4 is 11.6 Å². The molecule has 1 aromatic heterocycles. The molecule has 7 nitrogen and oxygen atoms in total. The first-order valence-electron chi connectivity index (χ1n) is 6.51. The van der Waals surface area contributed by atoms with Crippen molar-refractivity contribution in [2.24, 2.45) is 0 Å². The number of carbonyl (C=O) groups is 1. The molecule has 0 bridgehead atoms. The lowest BCUT2D eigenvalue weighted by molar-refractivity contribution is 0.0264. The van der Waals surface area contributed by atoms with E-state index >= 15 is 0 Å². The Morgan fingerprint density at radius 1 is 1.63 bits per heavy atom. The molecule has 1 aliphatic carbocycles. The summed E-state index contributed by atoms with van der Waals surface area (Å²) in [4.78, 5) is 12.0. The number of nitrogen functional groups attached to an aromatic ring is 1. The zero-order valence-electron chi connectivity index (χ0n) is 10.6. The summed E-state index contributed by atoms with van der Waals surface area (Å²) in [7, 11) is 0. The molecule has 0 aromatic carbocycles. The molecule has 0 radical (unpaired) electrons. The highest BCUT2D eigenvalue weighted by molar-refractivity contribution is 5.97. The molecule has 1 aromatic rings. The largest absolute Gasteiger partial charge is 0.395 e. The summed E-state index contributed by atoms with van der Waals surface area (Å²) in [5.41, 5.74) is 6.44. The van der Waals surface area contributed by atoms with Gasteiger partial charge in [0.15, 0.2) is 5.69 Å². The average molecular weight is 266 g/mol. The van der Waals surface area contributed by atoms with Gasteiger partial charge in [-0.2, -0.15) is 5.10 Å². The average Bonchev–Trinajstić information content (AvgIpc) is 3.03. The number of hydrogen-bond acceptors (Lipinski definition) is 5. The van der Waals surface area contributed by atoms with E-state index in [1.807, 2.05) is 0 Å². The van der Waals surface area contributed by atoms with E-state index < -0.39 is 5.60 Å². The molecule has 104 valence electrons. The normalized spacial score (nSPS) is 26.6. The van der Waals surface area contributed by atoms with Crippen molar-refractivity contribution in [2.75, 3.05) is 25.5 Å². The van der Waals surface area contributed by atoms with Gasteiger partial charge < -0.3 is 20.9 Å². The monoisotopic (exact) mass is 266 g/mol. The van der Waals surface area contributed by atoms with Crippen LogP contribution in [0.2, 0.25) is 0 Å². The number of anilines is 1. The quantitative estimate of drug-likeness (QED) is 0.600. The Balaban J connectivity index is 1.63. The molecule has 5 N–H and O–H groups in total. The van der Waals surface area contributed by atoms with Crippen molar-refractivity contribution in [1.29, 1.82) is 0 Å². The number of nitrogens with zero attached hydrogens (tertiary/aromatic N) is 1. The summed E-state index contributed by atoms with van der Waals surface area (Å²) in [6, 6.07) is 0. The molecule has 0 spiro atoms. The number of rotatable bonds is 4. The van der Waals surface area contributed by atoms with Gasteiger partial charge in [-0.05, 0) is 12.8 Å². The third kappa shape index (κ3) is 2.43. The number of aliphatic hydroxyl groups is 1. The van der Waals surface area contributed by atoms with Crippen LogP contribution in [0.15, 0.2) is 0 Å². The second-order valence-electron chi connectivity index (χ2n) is 5.38. The van der Waals surface area contributed by atoms with Crippen molar-refractivity contribution < 1.29 is 14.6 Å². The number of H-pyrrole nitrogens is 1. The standard InChI is InChI=1S/C12H18N4O3/c13-8-9(7-1-2-7)15-16-10(8)11(17)14-5-12(18)3-4-19-6-12/h7,18H,1-6,13H2,(H,14,17)(H,15,16). The Kier molecular flexibility index (Phi) is 2.94. The van der Waals surface area contributed by atoms with Gasteiger partial charge in [0.25, 0.3) is 5.91 Å². The van der Waals surface area contributed by atoms with Crippen LogP contribution in [0.1, 0.15) is 41.4 Å². The molecule has 1 atom stereocenters. The molecule has 1 saturated carbocycles. The van der Waals surface area contributed by atoms with Gasteiger partial charge in [0.05, 0.1) is 18.0 Å². The first-order chi connectivity index (χ1) is 9.09. The van der Waals surface area contributed by atoms with Crippen LogP contribution in [-0.2, 0) is 4.74 Å². The lowest BCUT2D eigenvalue weighted by atomic mass is 10.0. The maximum atomic E-state index is 12.0. The van der Waals surface area contributed by atoms with Gasteiger partial charge in [-0.3, -0.25) is 9.89 Å². The van der Waals surface area contributed by atoms with Crippen molar-refractivity contribution in [1.82, 2.24) is 15.5 Å². The number of nitrogens with two attached hydrogens (primary N) is 1. The van der Waals surface area contributed by atoms with Crippen LogP contribution in [0.5, 0.6) is 0 Å². The smallest absolute Gasteiger partial charge is 0.274 e. The molecule has 2 heterocycles. The Labute approximate surface area is 110 Å². The van der Waals surface area contributed by atoms with Crippen LogP contribution in [0.25, 0.3) is 0 Å². The molecule has 19 heavy (non-hydrogen) atoms. The Bertz CT molecular complexity index is 489. The van der Waals surface area contributed by atoms with E-state index in [0.29, 0.717) is 24.6 Å². The Morgan fingerprint density at radius 2 is 2.42 bits per heavy atom. The molecular weight excluding hydrogens is 248 g/mol. The lowest BCUT2D eigenvalue weighted by Gasteiger charge is -2.20. The first kappa shape index (κ1) is 12.4. The van der Waals surface area contributed by atoms with E-state index in [1.165, 1.54) is 0 Å². The van der Waals surface area contributed by atoms with Crippen molar-refractivity contribution in [2.45, 2.75) is 30.8 Å². The van der Waals surface area contributed by atoms with Crippen LogP contribution in [0.4, 0.5) is 5.69 Å². The third-order valence-corrected chi connectivity index (χ3v) is 3.69. The number of amides is 1. The summed E-state index contributed by atoms with van der Waals surface area (Å²) in [6.45, 7) is 0.913. The molecule has 3 rings (SSSR count). The summed E-state index contributed by atoms with van der Waals surface area (Å²) < 4.78 is 5.12. The maximum absolute atomic E-state index is 12.0. The van der Waals surface area contributed by atoms with E-state index in [4.69, 9.17) is 10.5 Å². The molecule has 1 aliphatic heterocycles. The highest BCUT2D eigenvalue weighted by atomic mass is 16.5. The van der Waals surface area contributed by atoms with E-state index in [9.17, 15) is 9.90 Å². The minimum Gasteiger partial charge on any atom is -0.395 e. The molecule has 1 unspecified atom stereocenters. The summed E-state index contributed by atoms with van der Waals surface area (Å²) in [5.74, 6) is 0.0578. The van der Waals surface area contributed by atoms with Gasteiger partial charge >= 0.3 is 0 Å². The van der Waals surface area contributed by atoms with Crippen LogP contribution >= 0.6 is 0 Å². The number of hydrogen-bond donors (Lipinski definition) is 4. The van der Waals surface area contributed by atoms with Crippen molar-refractivity contribution in [3.63, 3.8) is 0 Å². The first-order valence-corrected chi connectivity index (χ1v) is 6.51. The van der Waals surface area contributed by atoms with Gasteiger partial charge in [-0.15, -0.1) is 0 Å². The SMILES string of the molecule is Nc1c(C(=O)NCC2(O)CCOC2)n[nH]c1C1CC1. The van der Waals surface area contributed by atoms with Gasteiger partial charge in [-0.25, -0.2) is 0 Å². The molecule has 7 heteroatoms. The topological polar surface area (TPSA) is 113 Å². The fourth-order valence-corrected chi connectivity index (χ4v) is 2.28.